The van der Waals surface area contributed by atoms with Crippen LogP contribution in [-0.2, 0) is 13.2 Å². The van der Waals surface area contributed by atoms with Crippen LogP contribution in [0.4, 0.5) is 0 Å². The molecule has 0 amide bonds. The van der Waals surface area contributed by atoms with Gasteiger partial charge in [0.2, 0.25) is 0 Å². The van der Waals surface area contributed by atoms with E-state index < -0.39 is 0 Å². The van der Waals surface area contributed by atoms with E-state index in [0.717, 1.165) is 16.8 Å². The van der Waals surface area contributed by atoms with Gasteiger partial charge in [-0.2, -0.15) is 0 Å². The van der Waals surface area contributed by atoms with Crippen molar-refractivity contribution in [1.82, 2.24) is 5.32 Å². The fourth-order valence-electron chi connectivity index (χ4n) is 3.06. The molecule has 1 saturated carbocycles. The zero-order chi connectivity index (χ0) is 15.9. The van der Waals surface area contributed by atoms with Gasteiger partial charge in [0, 0.05) is 17.1 Å². The number of benzene rings is 2. The van der Waals surface area contributed by atoms with E-state index in [-0.39, 0.29) is 0 Å². The van der Waals surface area contributed by atoms with E-state index in [1.807, 2.05) is 18.2 Å². The Hall–Kier alpha value is -1.32. The second-order valence-corrected chi connectivity index (χ2v) is 7.10. The molecule has 3 heteroatoms. The van der Waals surface area contributed by atoms with Crippen LogP contribution in [0.15, 0.2) is 53.0 Å². The van der Waals surface area contributed by atoms with Crippen molar-refractivity contribution in [3.63, 3.8) is 0 Å². The Bertz CT molecular complexity index is 608. The van der Waals surface area contributed by atoms with E-state index in [0.29, 0.717) is 12.6 Å². The summed E-state index contributed by atoms with van der Waals surface area (Å²) in [7, 11) is 0. The topological polar surface area (TPSA) is 21.3 Å². The third-order valence-corrected chi connectivity index (χ3v) is 5.20. The Labute approximate surface area is 147 Å². The summed E-state index contributed by atoms with van der Waals surface area (Å²) >= 11 is 3.68. The molecule has 2 aromatic rings. The monoisotopic (exact) mass is 373 g/mol. The summed E-state index contributed by atoms with van der Waals surface area (Å²) in [5, 5.41) is 3.69. The lowest BCUT2D eigenvalue weighted by Gasteiger charge is -2.23. The van der Waals surface area contributed by atoms with Crippen LogP contribution in [0.1, 0.15) is 43.2 Å². The molecule has 1 fully saturated rings. The normalized spacial score (nSPS) is 15.5. The minimum Gasteiger partial charge on any atom is -0.489 e. The van der Waals surface area contributed by atoms with Crippen LogP contribution in [0, 0.1) is 0 Å². The fraction of sp³-hybridized carbons (Fsp3) is 0.400. The SMILES string of the molecule is Brc1cc(OCc2ccccc2)ccc1CNC1CCCCC1. The molecule has 0 spiro atoms. The molecule has 0 aliphatic heterocycles. The standard InChI is InChI=1S/C20H24BrNO/c21-20-13-19(23-15-16-7-3-1-4-8-16)12-11-17(20)14-22-18-9-5-2-6-10-18/h1,3-4,7-8,11-13,18,22H,2,5-6,9-10,14-15H2. The van der Waals surface area contributed by atoms with E-state index in [1.165, 1.54) is 43.2 Å². The molecule has 3 rings (SSSR count). The van der Waals surface area contributed by atoms with Gasteiger partial charge in [-0.1, -0.05) is 71.6 Å². The van der Waals surface area contributed by atoms with E-state index in [9.17, 15) is 0 Å². The summed E-state index contributed by atoms with van der Waals surface area (Å²) in [5.41, 5.74) is 2.48. The number of nitrogens with one attached hydrogen (secondary N) is 1. The van der Waals surface area contributed by atoms with Gasteiger partial charge in [0.15, 0.2) is 0 Å². The molecular weight excluding hydrogens is 350 g/mol. The highest BCUT2D eigenvalue weighted by Gasteiger charge is 2.13. The van der Waals surface area contributed by atoms with Gasteiger partial charge in [-0.25, -0.2) is 0 Å². The van der Waals surface area contributed by atoms with Gasteiger partial charge in [0.25, 0.3) is 0 Å². The van der Waals surface area contributed by atoms with Crippen molar-refractivity contribution >= 4 is 15.9 Å². The first-order chi connectivity index (χ1) is 11.3. The molecule has 2 nitrogen and oxygen atoms in total. The molecule has 1 aliphatic rings. The lowest BCUT2D eigenvalue weighted by Crippen LogP contribution is -2.30. The minimum absolute atomic E-state index is 0.604. The smallest absolute Gasteiger partial charge is 0.120 e. The Kier molecular flexibility index (Phi) is 6.12. The lowest BCUT2D eigenvalue weighted by molar-refractivity contribution is 0.306. The summed E-state index contributed by atoms with van der Waals surface area (Å²) in [5.74, 6) is 0.905. The highest BCUT2D eigenvalue weighted by Crippen LogP contribution is 2.25. The van der Waals surface area contributed by atoms with Crippen molar-refractivity contribution in [2.45, 2.75) is 51.3 Å². The highest BCUT2D eigenvalue weighted by molar-refractivity contribution is 9.10. The van der Waals surface area contributed by atoms with Crippen LogP contribution in [0.3, 0.4) is 0 Å². The van der Waals surface area contributed by atoms with Gasteiger partial charge in [-0.05, 0) is 36.1 Å². The average Bonchev–Trinajstić information content (AvgIpc) is 2.61. The van der Waals surface area contributed by atoms with Crippen LogP contribution in [0.5, 0.6) is 5.75 Å². The quantitative estimate of drug-likeness (QED) is 0.726. The van der Waals surface area contributed by atoms with E-state index >= 15 is 0 Å². The molecule has 0 radical (unpaired) electrons. The maximum atomic E-state index is 5.87. The Morgan fingerprint density at radius 1 is 1.00 bits per heavy atom. The molecule has 0 heterocycles. The number of halogens is 1. The maximum absolute atomic E-state index is 5.87. The van der Waals surface area contributed by atoms with Gasteiger partial charge in [0.1, 0.15) is 12.4 Å². The first kappa shape index (κ1) is 16.5. The summed E-state index contributed by atoms with van der Waals surface area (Å²) < 4.78 is 6.99. The lowest BCUT2D eigenvalue weighted by atomic mass is 9.95. The summed E-state index contributed by atoms with van der Waals surface area (Å²) in [4.78, 5) is 0. The molecule has 0 aromatic heterocycles. The van der Waals surface area contributed by atoms with Crippen LogP contribution >= 0.6 is 15.9 Å². The van der Waals surface area contributed by atoms with Crippen LogP contribution in [0.2, 0.25) is 0 Å². The largest absolute Gasteiger partial charge is 0.489 e. The fourth-order valence-corrected chi connectivity index (χ4v) is 3.56. The molecule has 122 valence electrons. The molecule has 0 atom stereocenters. The van der Waals surface area contributed by atoms with Gasteiger partial charge in [-0.15, -0.1) is 0 Å². The second kappa shape index (κ2) is 8.51. The van der Waals surface area contributed by atoms with Gasteiger partial charge < -0.3 is 10.1 Å². The van der Waals surface area contributed by atoms with Gasteiger partial charge in [-0.3, -0.25) is 0 Å². The number of ether oxygens (including phenoxy) is 1. The minimum atomic E-state index is 0.604. The predicted molar refractivity (Wildman–Crippen MR) is 98.6 cm³/mol. The van der Waals surface area contributed by atoms with Gasteiger partial charge in [0.05, 0.1) is 0 Å². The maximum Gasteiger partial charge on any atom is 0.120 e. The molecule has 0 bridgehead atoms. The van der Waals surface area contributed by atoms with Gasteiger partial charge >= 0.3 is 0 Å². The van der Waals surface area contributed by atoms with Crippen molar-refractivity contribution in [2.75, 3.05) is 0 Å². The second-order valence-electron chi connectivity index (χ2n) is 6.24. The molecule has 1 aliphatic carbocycles. The number of hydrogen-bond acceptors (Lipinski definition) is 2. The molecule has 1 N–H and O–H groups in total. The van der Waals surface area contributed by atoms with Crippen LogP contribution in [0.25, 0.3) is 0 Å². The predicted octanol–water partition coefficient (Wildman–Crippen LogP) is 5.45. The first-order valence-corrected chi connectivity index (χ1v) is 9.29. The summed E-state index contributed by atoms with van der Waals surface area (Å²) in [6.07, 6.45) is 6.76. The third-order valence-electron chi connectivity index (χ3n) is 4.46. The van der Waals surface area contributed by atoms with Crippen molar-refractivity contribution in [3.05, 3.63) is 64.1 Å². The Morgan fingerprint density at radius 2 is 1.78 bits per heavy atom. The highest BCUT2D eigenvalue weighted by atomic mass is 79.9. The zero-order valence-electron chi connectivity index (χ0n) is 13.4. The molecule has 23 heavy (non-hydrogen) atoms. The molecule has 0 saturated heterocycles. The molecule has 2 aromatic carbocycles. The number of rotatable bonds is 6. The van der Waals surface area contributed by atoms with E-state index in [2.05, 4.69) is 51.6 Å². The van der Waals surface area contributed by atoms with Crippen molar-refractivity contribution in [1.29, 1.82) is 0 Å². The molecular formula is C20H24BrNO. The summed E-state index contributed by atoms with van der Waals surface area (Å²) in [6, 6.07) is 17.2. The first-order valence-electron chi connectivity index (χ1n) is 8.50. The Morgan fingerprint density at radius 3 is 2.52 bits per heavy atom. The summed E-state index contributed by atoms with van der Waals surface area (Å²) in [6.45, 7) is 1.52. The van der Waals surface area contributed by atoms with Crippen molar-refractivity contribution in [3.8, 4) is 5.75 Å². The van der Waals surface area contributed by atoms with E-state index in [4.69, 9.17) is 4.74 Å². The third kappa shape index (κ3) is 5.08. The van der Waals surface area contributed by atoms with Crippen LogP contribution in [-0.4, -0.2) is 6.04 Å². The molecule has 0 unspecified atom stereocenters. The van der Waals surface area contributed by atoms with Crippen molar-refractivity contribution in [2.24, 2.45) is 0 Å². The Balaban J connectivity index is 1.52. The van der Waals surface area contributed by atoms with E-state index in [1.54, 1.807) is 0 Å². The number of hydrogen-bond donors (Lipinski definition) is 1. The van der Waals surface area contributed by atoms with Crippen LogP contribution < -0.4 is 10.1 Å². The zero-order valence-corrected chi connectivity index (χ0v) is 15.0. The average molecular weight is 374 g/mol. The van der Waals surface area contributed by atoms with Crippen molar-refractivity contribution < 1.29 is 4.74 Å².